The highest BCUT2D eigenvalue weighted by Crippen LogP contribution is 2.66. The van der Waals surface area contributed by atoms with Crippen LogP contribution in [0.4, 0.5) is 4.79 Å². The molecule has 28 heteroatoms. The standard InChI is InChI=1S/C28H45N6O18P3S/c35-20(9-2-1-5-11-29-21(36)10-4-3-8-19-22-17(15-56-19)31-27(40)32-22)30-12-6-7-16-13-34(28(41)33-25(16)39)26-24(38)23(37)18(50-26)14-49-54(45,46)52-55(47,48)51-53(42,43)44/h6-7,13,17-19,22-24,26,37-38H,1-5,8-12,14-15H2,(H,29,36)(H,30,35)(H,45,46)(H,47,48)(H2,31,32,40)(H,33,39,41)(H2,42,43,44). The molecule has 0 aromatic carbocycles. The van der Waals surface area contributed by atoms with E-state index >= 15 is 0 Å². The van der Waals surface area contributed by atoms with Gasteiger partial charge in [-0.2, -0.15) is 20.4 Å². The van der Waals surface area contributed by atoms with Gasteiger partial charge in [-0.05, 0) is 25.7 Å². The molecule has 56 heavy (non-hydrogen) atoms. The Morgan fingerprint density at radius 1 is 0.929 bits per heavy atom. The van der Waals surface area contributed by atoms with E-state index in [1.807, 2.05) is 16.7 Å². The zero-order valence-corrected chi connectivity index (χ0v) is 33.0. The number of carbonyl (C=O) groups excluding carboxylic acids is 3. The molecule has 1 aromatic rings. The number of aromatic nitrogens is 2. The van der Waals surface area contributed by atoms with Crippen molar-refractivity contribution in [3.8, 4) is 0 Å². The normalized spacial score (nSPS) is 27.0. The van der Waals surface area contributed by atoms with Crippen molar-refractivity contribution in [2.24, 2.45) is 0 Å². The third-order valence-electron chi connectivity index (χ3n) is 8.62. The summed E-state index contributed by atoms with van der Waals surface area (Å²) in [7, 11) is -17.1. The molecule has 0 bridgehead atoms. The average Bonchev–Trinajstić information content (AvgIpc) is 3.73. The summed E-state index contributed by atoms with van der Waals surface area (Å²) in [4.78, 5) is 98.9. The molecule has 0 saturated carbocycles. The van der Waals surface area contributed by atoms with E-state index in [9.17, 15) is 57.7 Å². The molecule has 24 nitrogen and oxygen atoms in total. The quantitative estimate of drug-likeness (QED) is 0.0379. The van der Waals surface area contributed by atoms with Crippen molar-refractivity contribution in [2.45, 2.75) is 93.2 Å². The summed E-state index contributed by atoms with van der Waals surface area (Å²) in [6.07, 6.45) is 1.67. The lowest BCUT2D eigenvalue weighted by molar-refractivity contribution is -0.122. The molecule has 1 aromatic heterocycles. The van der Waals surface area contributed by atoms with Crippen LogP contribution >= 0.6 is 35.2 Å². The molecular weight excluding hydrogens is 833 g/mol. The highest BCUT2D eigenvalue weighted by molar-refractivity contribution is 8.00. The van der Waals surface area contributed by atoms with E-state index in [-0.39, 0.29) is 48.5 Å². The van der Waals surface area contributed by atoms with Crippen LogP contribution in [0, 0.1) is 0 Å². The van der Waals surface area contributed by atoms with Gasteiger partial charge < -0.3 is 55.8 Å². The summed E-state index contributed by atoms with van der Waals surface area (Å²) in [6, 6.07) is 0.214. The second kappa shape index (κ2) is 20.3. The maximum Gasteiger partial charge on any atom is 0.490 e. The van der Waals surface area contributed by atoms with Crippen LogP contribution in [0.1, 0.15) is 63.2 Å². The van der Waals surface area contributed by atoms with Crippen LogP contribution in [0.3, 0.4) is 0 Å². The summed E-state index contributed by atoms with van der Waals surface area (Å²) in [5.41, 5.74) is -2.07. The molecule has 0 aliphatic carbocycles. The highest BCUT2D eigenvalue weighted by atomic mass is 32.2. The molecule has 3 fully saturated rings. The number of hydrogen-bond acceptors (Lipinski definition) is 15. The van der Waals surface area contributed by atoms with Gasteiger partial charge in [0.2, 0.25) is 11.8 Å². The van der Waals surface area contributed by atoms with Crippen LogP contribution in [0.25, 0.3) is 6.08 Å². The molecule has 0 spiro atoms. The van der Waals surface area contributed by atoms with E-state index in [4.69, 9.17) is 14.5 Å². The largest absolute Gasteiger partial charge is 0.490 e. The highest BCUT2D eigenvalue weighted by Gasteiger charge is 2.47. The van der Waals surface area contributed by atoms with Crippen LogP contribution < -0.4 is 32.5 Å². The lowest BCUT2D eigenvalue weighted by Crippen LogP contribution is -2.38. The molecule has 3 saturated heterocycles. The van der Waals surface area contributed by atoms with E-state index in [2.05, 4.69) is 34.4 Å². The van der Waals surface area contributed by atoms with Crippen molar-refractivity contribution in [2.75, 3.05) is 25.4 Å². The number of hydrogen-bond donors (Lipinski definition) is 11. The summed E-state index contributed by atoms with van der Waals surface area (Å²) in [5, 5.41) is 32.6. The first-order chi connectivity index (χ1) is 26.2. The van der Waals surface area contributed by atoms with Crippen molar-refractivity contribution in [1.29, 1.82) is 0 Å². The number of nitrogens with one attached hydrogen (secondary N) is 5. The zero-order chi connectivity index (χ0) is 41.3. The number of thioether (sulfide) groups is 1. The Bertz CT molecular complexity index is 1860. The van der Waals surface area contributed by atoms with Gasteiger partial charge in [-0.3, -0.25) is 28.5 Å². The second-order valence-electron chi connectivity index (χ2n) is 12.9. The predicted octanol–water partition coefficient (Wildman–Crippen LogP) is -0.969. The van der Waals surface area contributed by atoms with Crippen molar-refractivity contribution >= 4 is 59.2 Å². The molecule has 3 aliphatic rings. The predicted molar refractivity (Wildman–Crippen MR) is 195 cm³/mol. The summed E-state index contributed by atoms with van der Waals surface area (Å²) in [5.74, 6) is 0.599. The van der Waals surface area contributed by atoms with Gasteiger partial charge in [0, 0.05) is 43.1 Å². The van der Waals surface area contributed by atoms with E-state index < -0.39 is 65.9 Å². The minimum absolute atomic E-state index is 0.00356. The first-order valence-electron chi connectivity index (χ1n) is 17.3. The molecule has 0 radical (unpaired) electrons. The fourth-order valence-electron chi connectivity index (χ4n) is 6.00. The van der Waals surface area contributed by atoms with Gasteiger partial charge in [-0.25, -0.2) is 23.3 Å². The molecule has 11 N–H and O–H groups in total. The Morgan fingerprint density at radius 2 is 1.62 bits per heavy atom. The summed E-state index contributed by atoms with van der Waals surface area (Å²) >= 11 is 1.84. The number of fused-ring (bicyclic) bond motifs is 1. The topological polar surface area (TPSA) is 364 Å². The number of aliphatic hydroxyl groups is 2. The molecule has 3 aliphatic heterocycles. The monoisotopic (exact) mass is 878 g/mol. The number of phosphoric ester groups is 1. The Kier molecular flexibility index (Phi) is 16.7. The Hall–Kier alpha value is -2.73. The summed E-state index contributed by atoms with van der Waals surface area (Å²) in [6.45, 7) is -0.627. The number of aromatic amines is 1. The van der Waals surface area contributed by atoms with Gasteiger partial charge in [-0.15, -0.1) is 0 Å². The molecular formula is C28H45N6O18P3S. The number of rotatable bonds is 22. The van der Waals surface area contributed by atoms with Gasteiger partial charge in [0.25, 0.3) is 5.56 Å². The number of urea groups is 1. The fourth-order valence-corrected chi connectivity index (χ4v) is 10.6. The number of unbranched alkanes of at least 4 members (excludes halogenated alkanes) is 3. The summed E-state index contributed by atoms with van der Waals surface area (Å²) < 4.78 is 51.9. The molecule has 316 valence electrons. The number of aliphatic hydroxyl groups excluding tert-OH is 2. The minimum Gasteiger partial charge on any atom is -0.387 e. The third kappa shape index (κ3) is 14.3. The van der Waals surface area contributed by atoms with Gasteiger partial charge >= 0.3 is 35.2 Å². The molecule has 9 unspecified atom stereocenters. The maximum atomic E-state index is 12.5. The Morgan fingerprint density at radius 3 is 2.34 bits per heavy atom. The number of ether oxygens (including phenoxy) is 1. The van der Waals surface area contributed by atoms with Crippen molar-refractivity contribution in [3.63, 3.8) is 0 Å². The van der Waals surface area contributed by atoms with Gasteiger partial charge in [0.15, 0.2) is 6.23 Å². The maximum absolute atomic E-state index is 12.5. The van der Waals surface area contributed by atoms with Gasteiger partial charge in [-0.1, -0.05) is 25.0 Å². The van der Waals surface area contributed by atoms with Crippen molar-refractivity contribution in [3.05, 3.63) is 38.7 Å². The molecule has 4 heterocycles. The lowest BCUT2D eigenvalue weighted by Gasteiger charge is -2.19. The zero-order valence-electron chi connectivity index (χ0n) is 29.5. The molecule has 4 rings (SSSR count). The first-order valence-corrected chi connectivity index (χ1v) is 22.8. The third-order valence-corrected chi connectivity index (χ3v) is 13.9. The van der Waals surface area contributed by atoms with Crippen LogP contribution in [0.5, 0.6) is 0 Å². The van der Waals surface area contributed by atoms with Gasteiger partial charge in [0.1, 0.15) is 18.3 Å². The molecule has 4 amide bonds. The molecule has 9 atom stereocenters. The van der Waals surface area contributed by atoms with E-state index in [0.29, 0.717) is 42.0 Å². The second-order valence-corrected chi connectivity index (χ2v) is 18.6. The number of H-pyrrole nitrogens is 1. The van der Waals surface area contributed by atoms with E-state index in [1.165, 1.54) is 12.2 Å². The number of carbonyl (C=O) groups is 3. The minimum atomic E-state index is -5.82. The Balaban J connectivity index is 1.12. The van der Waals surface area contributed by atoms with Crippen LogP contribution in [0.15, 0.2) is 21.9 Å². The lowest BCUT2D eigenvalue weighted by atomic mass is 10.0. The van der Waals surface area contributed by atoms with Crippen molar-refractivity contribution in [1.82, 2.24) is 30.8 Å². The fraction of sp³-hybridized carbons (Fsp3) is 0.679. The smallest absolute Gasteiger partial charge is 0.387 e. The Labute approximate surface area is 322 Å². The SMILES string of the molecule is O=C(CCCCCNC(=O)CCCCC1SCC2NC(=O)NC21)NCC=Cc1cn(C2OC(COP(=O)(O)OP(=O)(O)OP(=O)(O)O)C(O)C2O)c(=O)[nH]c1=O. The van der Waals surface area contributed by atoms with Crippen LogP contribution in [-0.2, 0) is 41.2 Å². The number of phosphoric acid groups is 3. The first kappa shape index (κ1) is 46.0. The number of amides is 4. The average molecular weight is 879 g/mol. The van der Waals surface area contributed by atoms with E-state index in [0.717, 1.165) is 31.2 Å². The number of nitrogens with zero attached hydrogens (tertiary/aromatic N) is 1. The van der Waals surface area contributed by atoms with E-state index in [1.54, 1.807) is 0 Å². The van der Waals surface area contributed by atoms with Crippen molar-refractivity contribution < 1.29 is 75.7 Å². The van der Waals surface area contributed by atoms with Crippen LogP contribution in [-0.4, -0.2) is 118 Å². The van der Waals surface area contributed by atoms with Crippen LogP contribution in [0.2, 0.25) is 0 Å². The van der Waals surface area contributed by atoms with Gasteiger partial charge in [0.05, 0.1) is 24.3 Å².